The topological polar surface area (TPSA) is 82.3 Å². The van der Waals surface area contributed by atoms with Gasteiger partial charge in [-0.05, 0) is 16.5 Å². The van der Waals surface area contributed by atoms with Crippen molar-refractivity contribution in [1.82, 2.24) is 25.0 Å². The Bertz CT molecular complexity index is 451. The van der Waals surface area contributed by atoms with Crippen LogP contribution in [-0.2, 0) is 4.74 Å². The quantitative estimate of drug-likeness (QED) is 0.538. The van der Waals surface area contributed by atoms with Crippen LogP contribution in [0.4, 0.5) is 0 Å². The molecule has 0 fully saturated rings. The number of hydrogen-bond acceptors (Lipinski definition) is 6. The zero-order chi connectivity index (χ0) is 9.26. The Morgan fingerprint density at radius 3 is 3.23 bits per heavy atom. The van der Waals surface area contributed by atoms with Crippen LogP contribution in [0.2, 0.25) is 0 Å². The third-order valence-electron chi connectivity index (χ3n) is 1.46. The maximum atomic E-state index is 11.0. The highest BCUT2D eigenvalue weighted by atomic mass is 16.5. The summed E-state index contributed by atoms with van der Waals surface area (Å²) in [6.45, 7) is 0. The van der Waals surface area contributed by atoms with Crippen molar-refractivity contribution in [2.24, 2.45) is 0 Å². The number of esters is 1. The fourth-order valence-electron chi connectivity index (χ4n) is 0.863. The van der Waals surface area contributed by atoms with E-state index in [0.29, 0.717) is 0 Å². The van der Waals surface area contributed by atoms with Crippen LogP contribution in [-0.4, -0.2) is 38.1 Å². The van der Waals surface area contributed by atoms with Gasteiger partial charge in [0.05, 0.1) is 7.11 Å². The van der Waals surface area contributed by atoms with Crippen molar-refractivity contribution >= 4 is 11.7 Å². The van der Waals surface area contributed by atoms with Crippen molar-refractivity contribution in [2.75, 3.05) is 7.11 Å². The van der Waals surface area contributed by atoms with E-state index < -0.39 is 5.97 Å². The van der Waals surface area contributed by atoms with Gasteiger partial charge in [-0.15, -0.1) is 0 Å². The predicted molar refractivity (Wildman–Crippen MR) is 39.9 cm³/mol. The van der Waals surface area contributed by atoms with Gasteiger partial charge in [-0.3, -0.25) is 0 Å². The van der Waals surface area contributed by atoms with Crippen LogP contribution in [0, 0.1) is 0 Å². The van der Waals surface area contributed by atoms with Gasteiger partial charge >= 0.3 is 5.97 Å². The molecule has 2 aromatic rings. The summed E-state index contributed by atoms with van der Waals surface area (Å²) in [5, 5.41) is 10.5. The number of tetrazole rings is 1. The molecule has 0 aromatic carbocycles. The predicted octanol–water partition coefficient (Wildman–Crippen LogP) is -0.694. The summed E-state index contributed by atoms with van der Waals surface area (Å²) < 4.78 is 5.84. The molecule has 0 spiro atoms. The number of methoxy groups -OCH3 is 1. The summed E-state index contributed by atoms with van der Waals surface area (Å²) in [5.41, 5.74) is 0.185. The first kappa shape index (κ1) is 7.59. The molecule has 2 aromatic heterocycles. The summed E-state index contributed by atoms with van der Waals surface area (Å²) >= 11 is 0. The van der Waals surface area contributed by atoms with Gasteiger partial charge < -0.3 is 4.74 Å². The van der Waals surface area contributed by atoms with E-state index in [4.69, 9.17) is 0 Å². The minimum Gasteiger partial charge on any atom is -0.464 e. The zero-order valence-corrected chi connectivity index (χ0v) is 6.71. The molecule has 0 amide bonds. The Morgan fingerprint density at radius 2 is 2.46 bits per heavy atom. The van der Waals surface area contributed by atoms with E-state index in [-0.39, 0.29) is 11.5 Å². The molecule has 0 saturated heterocycles. The van der Waals surface area contributed by atoms with E-state index >= 15 is 0 Å². The van der Waals surface area contributed by atoms with Gasteiger partial charge in [0.15, 0.2) is 5.69 Å². The lowest BCUT2D eigenvalue weighted by atomic mass is 10.4. The molecule has 0 bridgehead atoms. The van der Waals surface area contributed by atoms with Gasteiger partial charge in [-0.1, -0.05) is 5.10 Å². The molecule has 2 rings (SSSR count). The molecule has 0 N–H and O–H groups in total. The van der Waals surface area contributed by atoms with Crippen LogP contribution in [0.5, 0.6) is 0 Å². The second kappa shape index (κ2) is 2.77. The SMILES string of the molecule is COC(=O)c1ccn2nnnc2n1. The van der Waals surface area contributed by atoms with Gasteiger partial charge in [0.25, 0.3) is 5.78 Å². The van der Waals surface area contributed by atoms with Gasteiger partial charge in [0.1, 0.15) is 0 Å². The van der Waals surface area contributed by atoms with Gasteiger partial charge in [0.2, 0.25) is 0 Å². The largest absolute Gasteiger partial charge is 0.464 e. The molecule has 0 saturated carbocycles. The standard InChI is InChI=1S/C6H5N5O2/c1-13-5(12)4-2-3-11-6(7-4)8-9-10-11/h2-3H,1H3. The second-order valence-corrected chi connectivity index (χ2v) is 2.23. The normalized spacial score (nSPS) is 10.2. The first-order valence-electron chi connectivity index (χ1n) is 3.44. The van der Waals surface area contributed by atoms with Crippen molar-refractivity contribution in [3.63, 3.8) is 0 Å². The van der Waals surface area contributed by atoms with E-state index in [1.54, 1.807) is 0 Å². The Hall–Kier alpha value is -2.05. The Kier molecular flexibility index (Phi) is 1.62. The number of hydrogen-bond donors (Lipinski definition) is 0. The average molecular weight is 179 g/mol. The molecular weight excluding hydrogens is 174 g/mol. The first-order valence-corrected chi connectivity index (χ1v) is 3.44. The van der Waals surface area contributed by atoms with E-state index in [9.17, 15) is 4.79 Å². The van der Waals surface area contributed by atoms with Crippen LogP contribution < -0.4 is 0 Å². The van der Waals surface area contributed by atoms with Crippen LogP contribution in [0.15, 0.2) is 12.3 Å². The van der Waals surface area contributed by atoms with Crippen LogP contribution in [0.25, 0.3) is 5.78 Å². The molecule has 0 radical (unpaired) electrons. The highest BCUT2D eigenvalue weighted by Gasteiger charge is 2.08. The van der Waals surface area contributed by atoms with Gasteiger partial charge in [0, 0.05) is 6.20 Å². The Morgan fingerprint density at radius 1 is 1.62 bits per heavy atom. The monoisotopic (exact) mass is 179 g/mol. The molecule has 7 nitrogen and oxygen atoms in total. The Balaban J connectivity index is 2.54. The lowest BCUT2D eigenvalue weighted by molar-refractivity contribution is 0.0594. The molecule has 0 aliphatic heterocycles. The highest BCUT2D eigenvalue weighted by molar-refractivity contribution is 5.87. The van der Waals surface area contributed by atoms with Crippen molar-refractivity contribution in [3.8, 4) is 0 Å². The number of fused-ring (bicyclic) bond motifs is 1. The first-order chi connectivity index (χ1) is 6.31. The smallest absolute Gasteiger partial charge is 0.356 e. The molecule has 0 atom stereocenters. The number of rotatable bonds is 1. The molecule has 66 valence electrons. The second-order valence-electron chi connectivity index (χ2n) is 2.23. The summed E-state index contributed by atoms with van der Waals surface area (Å²) in [4.78, 5) is 14.9. The summed E-state index contributed by atoms with van der Waals surface area (Å²) in [6.07, 6.45) is 1.54. The van der Waals surface area contributed by atoms with Crippen LogP contribution in [0.1, 0.15) is 10.5 Å². The molecule has 7 heteroatoms. The van der Waals surface area contributed by atoms with Gasteiger partial charge in [-0.25, -0.2) is 9.78 Å². The lowest BCUT2D eigenvalue weighted by Crippen LogP contribution is -2.05. The highest BCUT2D eigenvalue weighted by Crippen LogP contribution is 1.98. The van der Waals surface area contributed by atoms with E-state index in [2.05, 4.69) is 25.2 Å². The summed E-state index contributed by atoms with van der Waals surface area (Å²) in [5.74, 6) is -0.242. The van der Waals surface area contributed by atoms with Crippen molar-refractivity contribution < 1.29 is 9.53 Å². The minimum atomic E-state index is -0.509. The fraction of sp³-hybridized carbons (Fsp3) is 0.167. The zero-order valence-electron chi connectivity index (χ0n) is 6.71. The molecule has 2 heterocycles. The Labute approximate surface area is 72.3 Å². The van der Waals surface area contributed by atoms with E-state index in [1.807, 2.05) is 0 Å². The number of aromatic nitrogens is 5. The number of carbonyl (C=O) groups is 1. The van der Waals surface area contributed by atoms with E-state index in [1.165, 1.54) is 23.9 Å². The van der Waals surface area contributed by atoms with Crippen molar-refractivity contribution in [1.29, 1.82) is 0 Å². The number of nitrogens with zero attached hydrogens (tertiary/aromatic N) is 5. The fourth-order valence-corrected chi connectivity index (χ4v) is 0.863. The van der Waals surface area contributed by atoms with Gasteiger partial charge in [-0.2, -0.15) is 4.52 Å². The van der Waals surface area contributed by atoms with Crippen molar-refractivity contribution in [3.05, 3.63) is 18.0 Å². The third-order valence-corrected chi connectivity index (χ3v) is 1.46. The molecular formula is C6H5N5O2. The molecule has 0 aliphatic rings. The summed E-state index contributed by atoms with van der Waals surface area (Å²) in [6, 6.07) is 1.48. The number of carbonyl (C=O) groups excluding carboxylic acids is 1. The molecule has 0 unspecified atom stereocenters. The summed E-state index contributed by atoms with van der Waals surface area (Å²) in [7, 11) is 1.29. The molecule has 13 heavy (non-hydrogen) atoms. The maximum absolute atomic E-state index is 11.0. The van der Waals surface area contributed by atoms with E-state index in [0.717, 1.165) is 0 Å². The molecule has 0 aliphatic carbocycles. The van der Waals surface area contributed by atoms with Crippen LogP contribution in [0.3, 0.4) is 0 Å². The maximum Gasteiger partial charge on any atom is 0.356 e. The average Bonchev–Trinajstić information content (AvgIpc) is 2.63. The third kappa shape index (κ3) is 1.19. The van der Waals surface area contributed by atoms with Crippen molar-refractivity contribution in [2.45, 2.75) is 0 Å². The van der Waals surface area contributed by atoms with Crippen LogP contribution >= 0.6 is 0 Å². The minimum absolute atomic E-state index is 0.185. The lowest BCUT2D eigenvalue weighted by Gasteiger charge is -1.96. The number of ether oxygens (including phenoxy) is 1.